The Morgan fingerprint density at radius 3 is 3.00 bits per heavy atom. The van der Waals surface area contributed by atoms with Crippen LogP contribution in [0.4, 0.5) is 10.1 Å². The highest BCUT2D eigenvalue weighted by Gasteiger charge is 2.21. The van der Waals surface area contributed by atoms with Crippen molar-refractivity contribution >= 4 is 21.6 Å². The number of fused-ring (bicyclic) bond motifs is 1. The summed E-state index contributed by atoms with van der Waals surface area (Å²) in [6, 6.07) is 3.60. The van der Waals surface area contributed by atoms with Crippen LogP contribution in [0, 0.1) is 5.82 Å². The van der Waals surface area contributed by atoms with E-state index >= 15 is 0 Å². The molecule has 0 unspecified atom stereocenters. The number of hydrogen-bond acceptors (Lipinski definition) is 2. The Hall–Kier alpha value is -0.610. The van der Waals surface area contributed by atoms with Crippen LogP contribution in [-0.4, -0.2) is 19.1 Å². The van der Waals surface area contributed by atoms with E-state index in [1.807, 2.05) is 13.0 Å². The maximum absolute atomic E-state index is 13.3. The van der Waals surface area contributed by atoms with Gasteiger partial charge in [-0.3, -0.25) is 0 Å². The zero-order valence-electron chi connectivity index (χ0n) is 8.63. The molecule has 0 saturated heterocycles. The molecule has 1 aromatic rings. The summed E-state index contributed by atoms with van der Waals surface area (Å²) in [7, 11) is 0. The van der Waals surface area contributed by atoms with Crippen LogP contribution < -0.4 is 10.6 Å². The first-order valence-corrected chi connectivity index (χ1v) is 5.85. The second-order valence-electron chi connectivity index (χ2n) is 4.07. The van der Waals surface area contributed by atoms with Gasteiger partial charge in [0, 0.05) is 24.8 Å². The summed E-state index contributed by atoms with van der Waals surface area (Å²) in [5.74, 6) is -0.184. The number of nitrogens with zero attached hydrogens (tertiary/aromatic N) is 1. The highest BCUT2D eigenvalue weighted by Crippen LogP contribution is 2.32. The van der Waals surface area contributed by atoms with Gasteiger partial charge in [0.1, 0.15) is 5.82 Å². The molecule has 15 heavy (non-hydrogen) atoms. The third-order valence-electron chi connectivity index (χ3n) is 2.62. The van der Waals surface area contributed by atoms with Gasteiger partial charge in [0.25, 0.3) is 0 Å². The summed E-state index contributed by atoms with van der Waals surface area (Å²) in [5.41, 5.74) is 7.96. The van der Waals surface area contributed by atoms with E-state index in [1.54, 1.807) is 6.07 Å². The van der Waals surface area contributed by atoms with Crippen LogP contribution in [0.5, 0.6) is 0 Å². The van der Waals surface area contributed by atoms with Crippen molar-refractivity contribution in [1.82, 2.24) is 0 Å². The van der Waals surface area contributed by atoms with Gasteiger partial charge in [0.2, 0.25) is 0 Å². The second-order valence-corrected chi connectivity index (χ2v) is 4.92. The van der Waals surface area contributed by atoms with Gasteiger partial charge in [0.15, 0.2) is 0 Å². The van der Waals surface area contributed by atoms with Gasteiger partial charge in [0.05, 0.1) is 4.47 Å². The maximum Gasteiger partial charge on any atom is 0.137 e. The van der Waals surface area contributed by atoms with Gasteiger partial charge < -0.3 is 10.6 Å². The number of rotatable bonds is 2. The molecule has 0 spiro atoms. The van der Waals surface area contributed by atoms with Crippen LogP contribution in [0.1, 0.15) is 12.5 Å². The minimum atomic E-state index is -0.184. The van der Waals surface area contributed by atoms with Crippen LogP contribution in [0.2, 0.25) is 0 Å². The highest BCUT2D eigenvalue weighted by molar-refractivity contribution is 9.10. The minimum absolute atomic E-state index is 0.139. The van der Waals surface area contributed by atoms with E-state index in [-0.39, 0.29) is 11.9 Å². The zero-order valence-corrected chi connectivity index (χ0v) is 10.2. The molecule has 1 heterocycles. The molecule has 82 valence electrons. The van der Waals surface area contributed by atoms with Crippen molar-refractivity contribution in [3.63, 3.8) is 0 Å². The van der Waals surface area contributed by atoms with Gasteiger partial charge in [-0.15, -0.1) is 0 Å². The molecule has 0 bridgehead atoms. The fraction of sp³-hybridized carbons (Fsp3) is 0.455. The summed E-state index contributed by atoms with van der Waals surface area (Å²) < 4.78 is 13.8. The van der Waals surface area contributed by atoms with Crippen molar-refractivity contribution in [3.8, 4) is 0 Å². The Balaban J connectivity index is 2.30. The molecule has 1 aliphatic heterocycles. The predicted octanol–water partition coefficient (Wildman–Crippen LogP) is 2.30. The largest absolute Gasteiger partial charge is 0.369 e. The topological polar surface area (TPSA) is 29.3 Å². The molecule has 1 aliphatic rings. The van der Waals surface area contributed by atoms with Crippen molar-refractivity contribution < 1.29 is 4.39 Å². The lowest BCUT2D eigenvalue weighted by Crippen LogP contribution is -2.34. The number of halogens is 2. The summed E-state index contributed by atoms with van der Waals surface area (Å²) >= 11 is 3.21. The van der Waals surface area contributed by atoms with E-state index in [0.717, 1.165) is 30.8 Å². The Morgan fingerprint density at radius 1 is 1.60 bits per heavy atom. The lowest BCUT2D eigenvalue weighted by molar-refractivity contribution is 0.620. The lowest BCUT2D eigenvalue weighted by Gasteiger charge is -2.21. The maximum atomic E-state index is 13.3. The predicted molar refractivity (Wildman–Crippen MR) is 63.7 cm³/mol. The molecule has 0 saturated carbocycles. The van der Waals surface area contributed by atoms with Crippen molar-refractivity contribution in [2.24, 2.45) is 5.73 Å². The molecule has 2 rings (SSSR count). The van der Waals surface area contributed by atoms with Gasteiger partial charge in [-0.25, -0.2) is 4.39 Å². The Labute approximate surface area is 97.4 Å². The van der Waals surface area contributed by atoms with Crippen LogP contribution in [0.3, 0.4) is 0 Å². The SMILES string of the molecule is C[C@H](N)CN1CCc2cc(F)c(Br)cc21. The Kier molecular flexibility index (Phi) is 2.98. The minimum Gasteiger partial charge on any atom is -0.369 e. The average molecular weight is 273 g/mol. The van der Waals surface area contributed by atoms with Crippen molar-refractivity contribution in [3.05, 3.63) is 28.0 Å². The summed E-state index contributed by atoms with van der Waals surface area (Å²) in [6.45, 7) is 3.74. The summed E-state index contributed by atoms with van der Waals surface area (Å²) in [5, 5.41) is 0. The van der Waals surface area contributed by atoms with E-state index in [1.165, 1.54) is 0 Å². The average Bonchev–Trinajstić information content (AvgIpc) is 2.49. The molecular formula is C11H14BrFN2. The molecule has 2 N–H and O–H groups in total. The van der Waals surface area contributed by atoms with Crippen LogP contribution >= 0.6 is 15.9 Å². The van der Waals surface area contributed by atoms with Crippen molar-refractivity contribution in [1.29, 1.82) is 0 Å². The van der Waals surface area contributed by atoms with Gasteiger partial charge in [-0.2, -0.15) is 0 Å². The molecular weight excluding hydrogens is 259 g/mol. The van der Waals surface area contributed by atoms with Gasteiger partial charge in [-0.05, 0) is 47.0 Å². The molecule has 0 amide bonds. The monoisotopic (exact) mass is 272 g/mol. The van der Waals surface area contributed by atoms with Gasteiger partial charge >= 0.3 is 0 Å². The van der Waals surface area contributed by atoms with E-state index in [9.17, 15) is 4.39 Å². The molecule has 4 heteroatoms. The fourth-order valence-electron chi connectivity index (χ4n) is 1.99. The Morgan fingerprint density at radius 2 is 2.33 bits per heavy atom. The van der Waals surface area contributed by atoms with E-state index in [0.29, 0.717) is 4.47 Å². The lowest BCUT2D eigenvalue weighted by atomic mass is 10.1. The molecule has 1 atom stereocenters. The summed E-state index contributed by atoms with van der Waals surface area (Å²) in [6.07, 6.45) is 0.909. The standard InChI is InChI=1S/C11H14BrFN2/c1-7(14)6-15-3-2-8-4-10(13)9(12)5-11(8)15/h4-5,7H,2-3,6,14H2,1H3/t7-/m0/s1. The van der Waals surface area contributed by atoms with Crippen LogP contribution in [-0.2, 0) is 6.42 Å². The molecule has 2 nitrogen and oxygen atoms in total. The van der Waals surface area contributed by atoms with Crippen LogP contribution in [0.15, 0.2) is 16.6 Å². The molecule has 0 aromatic heterocycles. The third kappa shape index (κ3) is 2.16. The van der Waals surface area contributed by atoms with Crippen molar-refractivity contribution in [2.75, 3.05) is 18.0 Å². The molecule has 1 aromatic carbocycles. The quantitative estimate of drug-likeness (QED) is 0.895. The van der Waals surface area contributed by atoms with E-state index in [4.69, 9.17) is 5.73 Å². The first-order chi connectivity index (χ1) is 7.08. The number of nitrogens with two attached hydrogens (primary N) is 1. The highest BCUT2D eigenvalue weighted by atomic mass is 79.9. The first kappa shape index (κ1) is 10.9. The third-order valence-corrected chi connectivity index (χ3v) is 3.23. The first-order valence-electron chi connectivity index (χ1n) is 5.06. The molecule has 0 fully saturated rings. The number of hydrogen-bond donors (Lipinski definition) is 1. The number of anilines is 1. The Bertz CT molecular complexity index is 379. The van der Waals surface area contributed by atoms with E-state index in [2.05, 4.69) is 20.8 Å². The fourth-order valence-corrected chi connectivity index (χ4v) is 2.32. The molecule has 0 aliphatic carbocycles. The zero-order chi connectivity index (χ0) is 11.0. The van der Waals surface area contributed by atoms with Crippen molar-refractivity contribution in [2.45, 2.75) is 19.4 Å². The second kappa shape index (κ2) is 4.10. The summed E-state index contributed by atoms with van der Waals surface area (Å²) in [4.78, 5) is 2.21. The van der Waals surface area contributed by atoms with Crippen LogP contribution in [0.25, 0.3) is 0 Å². The van der Waals surface area contributed by atoms with Gasteiger partial charge in [-0.1, -0.05) is 0 Å². The normalized spacial score (nSPS) is 16.7. The number of benzene rings is 1. The van der Waals surface area contributed by atoms with E-state index < -0.39 is 0 Å². The smallest absolute Gasteiger partial charge is 0.137 e. The molecule has 0 radical (unpaired) electrons.